The molecule has 0 heterocycles. The van der Waals surface area contributed by atoms with Gasteiger partial charge in [-0.3, -0.25) is 0 Å². The van der Waals surface area contributed by atoms with Crippen molar-refractivity contribution in [3.8, 4) is 83.6 Å². The summed E-state index contributed by atoms with van der Waals surface area (Å²) in [6, 6.07) is 122. The lowest BCUT2D eigenvalue weighted by atomic mass is 9.67. The fraction of sp³-hybridized carbons (Fsp3) is 0.0769. The van der Waals surface area contributed by atoms with Crippen LogP contribution in [0.3, 0.4) is 0 Å². The molecular weight excluding hydrogens is 1140 g/mol. The first kappa shape index (κ1) is 56.5. The SMILES string of the molecule is CC1(C)c2ccccc2-c2ccc(N(c3ccc(-c4ccccc4)cc3)c3ccc(-c4ccc5c(c4)C(c4ccccc4)(c4ccc(O)cc4)c4cc(-c6ccc(N(c7ccc(-c8ccccc8)cc7)c7ccc8c(c7)C(C)(C)c7ccccc7-8)cc6)ccc4-5)cc3)cc21. The van der Waals surface area contributed by atoms with Crippen molar-refractivity contribution in [3.63, 3.8) is 0 Å². The van der Waals surface area contributed by atoms with Gasteiger partial charge in [-0.15, -0.1) is 0 Å². The summed E-state index contributed by atoms with van der Waals surface area (Å²) in [6.07, 6.45) is 0. The second kappa shape index (κ2) is 22.1. The molecule has 0 amide bonds. The van der Waals surface area contributed by atoms with Crippen molar-refractivity contribution < 1.29 is 5.11 Å². The first-order chi connectivity index (χ1) is 46.0. The van der Waals surface area contributed by atoms with E-state index in [9.17, 15) is 5.11 Å². The Hall–Kier alpha value is -11.5. The number of aromatic hydroxyl groups is 1. The van der Waals surface area contributed by atoms with Gasteiger partial charge < -0.3 is 14.9 Å². The molecule has 17 rings (SSSR count). The van der Waals surface area contributed by atoms with Crippen LogP contribution in [0.1, 0.15) is 72.2 Å². The average Bonchev–Trinajstić information content (AvgIpc) is 1.53. The Morgan fingerprint density at radius 1 is 0.213 bits per heavy atom. The van der Waals surface area contributed by atoms with Crippen LogP contribution in [0.5, 0.6) is 5.75 Å². The number of fused-ring (bicyclic) bond motifs is 9. The molecule has 0 spiro atoms. The number of anilines is 6. The highest BCUT2D eigenvalue weighted by Gasteiger charge is 2.47. The zero-order valence-electron chi connectivity index (χ0n) is 53.1. The van der Waals surface area contributed by atoms with E-state index in [1.807, 2.05) is 12.1 Å². The number of hydrogen-bond acceptors (Lipinski definition) is 3. The van der Waals surface area contributed by atoms with E-state index in [1.54, 1.807) is 0 Å². The van der Waals surface area contributed by atoms with Crippen molar-refractivity contribution in [1.29, 1.82) is 0 Å². The third-order valence-corrected chi connectivity index (χ3v) is 20.7. The summed E-state index contributed by atoms with van der Waals surface area (Å²) in [7, 11) is 0. The number of phenols is 1. The topological polar surface area (TPSA) is 26.7 Å². The van der Waals surface area contributed by atoms with E-state index in [0.29, 0.717) is 0 Å². The minimum Gasteiger partial charge on any atom is -0.508 e. The lowest BCUT2D eigenvalue weighted by Gasteiger charge is -2.34. The van der Waals surface area contributed by atoms with Gasteiger partial charge in [0.1, 0.15) is 5.75 Å². The predicted octanol–water partition coefficient (Wildman–Crippen LogP) is 24.0. The highest BCUT2D eigenvalue weighted by Crippen LogP contribution is 2.59. The van der Waals surface area contributed by atoms with Crippen LogP contribution in [0, 0.1) is 0 Å². The highest BCUT2D eigenvalue weighted by molar-refractivity contribution is 5.93. The Labute approximate surface area is 551 Å². The molecule has 0 aliphatic heterocycles. The van der Waals surface area contributed by atoms with E-state index in [-0.39, 0.29) is 16.6 Å². The Bertz CT molecular complexity index is 4920. The largest absolute Gasteiger partial charge is 0.508 e. The summed E-state index contributed by atoms with van der Waals surface area (Å²) >= 11 is 0. The smallest absolute Gasteiger partial charge is 0.115 e. The first-order valence-corrected chi connectivity index (χ1v) is 32.8. The van der Waals surface area contributed by atoms with Crippen LogP contribution in [0.2, 0.25) is 0 Å². The lowest BCUT2D eigenvalue weighted by Crippen LogP contribution is -2.28. The number of nitrogens with zero attached hydrogens (tertiary/aromatic N) is 2. The van der Waals surface area contributed by atoms with E-state index in [4.69, 9.17) is 0 Å². The van der Waals surface area contributed by atoms with E-state index in [0.717, 1.165) is 67.5 Å². The van der Waals surface area contributed by atoms with Gasteiger partial charge in [0.25, 0.3) is 0 Å². The molecule has 14 aromatic rings. The average molecular weight is 1210 g/mol. The maximum atomic E-state index is 11.0. The first-order valence-electron chi connectivity index (χ1n) is 32.8. The summed E-state index contributed by atoms with van der Waals surface area (Å²) in [4.78, 5) is 4.81. The molecule has 3 nitrogen and oxygen atoms in total. The third kappa shape index (κ3) is 9.09. The summed E-state index contributed by atoms with van der Waals surface area (Å²) in [6.45, 7) is 9.42. The van der Waals surface area contributed by atoms with Gasteiger partial charge in [0, 0.05) is 45.0 Å². The zero-order valence-corrected chi connectivity index (χ0v) is 53.1. The molecule has 0 fully saturated rings. The van der Waals surface area contributed by atoms with Crippen LogP contribution >= 0.6 is 0 Å². The molecule has 0 unspecified atom stereocenters. The Balaban J connectivity index is 0.756. The third-order valence-electron chi connectivity index (χ3n) is 20.7. The monoisotopic (exact) mass is 1200 g/mol. The van der Waals surface area contributed by atoms with E-state index in [2.05, 4.69) is 359 Å². The Morgan fingerprint density at radius 3 is 0.883 bits per heavy atom. The van der Waals surface area contributed by atoms with E-state index >= 15 is 0 Å². The maximum Gasteiger partial charge on any atom is 0.115 e. The molecule has 0 saturated carbocycles. The molecule has 3 aliphatic rings. The molecule has 448 valence electrons. The molecule has 1 N–H and O–H groups in total. The van der Waals surface area contributed by atoms with Crippen LogP contribution in [0.15, 0.2) is 334 Å². The second-order valence-corrected chi connectivity index (χ2v) is 26.6. The molecule has 94 heavy (non-hydrogen) atoms. The molecule has 0 saturated heterocycles. The van der Waals surface area contributed by atoms with Gasteiger partial charge in [-0.2, -0.15) is 0 Å². The number of hydrogen-bond donors (Lipinski definition) is 1. The zero-order chi connectivity index (χ0) is 63.3. The fourth-order valence-corrected chi connectivity index (χ4v) is 15.9. The molecule has 0 atom stereocenters. The van der Waals surface area contributed by atoms with Crippen molar-refractivity contribution >= 4 is 34.1 Å². The Morgan fingerprint density at radius 2 is 0.489 bits per heavy atom. The summed E-state index contributed by atoms with van der Waals surface area (Å²) in [5.41, 5.74) is 32.4. The molecule has 0 radical (unpaired) electrons. The standard InChI is InChI=1S/C91H68N2O/c1-89(2)83-26-16-14-24-77(83)79-54-48-74(58-85(79)89)92(70-40-28-62(29-41-70)60-18-8-5-9-19-60)72-44-32-64(33-45-72)66-36-52-81-82-53-37-67(57-88(82)91(87(81)56-66,68-22-12-7-13-23-68)69-38-50-76(94)51-39-69)65-34-46-73(47-35-65)93(71-42-30-63(31-43-71)61-20-10-6-11-21-61)75-49-55-80-78-25-15-17-27-84(78)90(3,4)86(80)59-75/h5-59,94H,1-4H3. The lowest BCUT2D eigenvalue weighted by molar-refractivity contribution is 0.475. The highest BCUT2D eigenvalue weighted by atomic mass is 16.3. The normalized spacial score (nSPS) is 13.8. The van der Waals surface area contributed by atoms with Crippen LogP contribution < -0.4 is 9.80 Å². The fourth-order valence-electron chi connectivity index (χ4n) is 15.9. The van der Waals surface area contributed by atoms with Gasteiger partial charge in [-0.25, -0.2) is 0 Å². The van der Waals surface area contributed by atoms with Crippen LogP contribution in [0.25, 0.3) is 77.9 Å². The summed E-state index contributed by atoms with van der Waals surface area (Å²) in [5.74, 6) is 0.234. The van der Waals surface area contributed by atoms with Crippen LogP contribution in [-0.4, -0.2) is 5.11 Å². The van der Waals surface area contributed by atoms with Gasteiger partial charge >= 0.3 is 0 Å². The van der Waals surface area contributed by atoms with Crippen molar-refractivity contribution in [1.82, 2.24) is 0 Å². The second-order valence-electron chi connectivity index (χ2n) is 26.6. The van der Waals surface area contributed by atoms with Crippen molar-refractivity contribution in [2.24, 2.45) is 0 Å². The molecule has 0 bridgehead atoms. The van der Waals surface area contributed by atoms with Crippen molar-refractivity contribution in [3.05, 3.63) is 378 Å². The molecule has 3 aliphatic carbocycles. The molecule has 0 aromatic heterocycles. The van der Waals surface area contributed by atoms with Crippen molar-refractivity contribution in [2.45, 2.75) is 43.9 Å². The molecular formula is C91H68N2O. The molecule has 3 heteroatoms. The number of phenolic OH excluding ortho intramolecular Hbond substituents is 1. The minimum atomic E-state index is -0.737. The van der Waals surface area contributed by atoms with E-state index in [1.165, 1.54) is 89.0 Å². The number of rotatable bonds is 12. The van der Waals surface area contributed by atoms with Crippen molar-refractivity contribution in [2.75, 3.05) is 9.80 Å². The number of benzene rings is 14. The van der Waals surface area contributed by atoms with Gasteiger partial charge in [-0.05, 0) is 219 Å². The predicted molar refractivity (Wildman–Crippen MR) is 392 cm³/mol. The quantitative estimate of drug-likeness (QED) is 0.132. The van der Waals surface area contributed by atoms with Crippen LogP contribution in [0.4, 0.5) is 34.1 Å². The summed E-state index contributed by atoms with van der Waals surface area (Å²) in [5, 5.41) is 11.0. The minimum absolute atomic E-state index is 0.152. The maximum absolute atomic E-state index is 11.0. The van der Waals surface area contributed by atoms with Gasteiger partial charge in [-0.1, -0.05) is 264 Å². The molecule has 14 aromatic carbocycles. The van der Waals surface area contributed by atoms with E-state index < -0.39 is 5.41 Å². The van der Waals surface area contributed by atoms with Gasteiger partial charge in [0.2, 0.25) is 0 Å². The van der Waals surface area contributed by atoms with Gasteiger partial charge in [0.15, 0.2) is 0 Å². The Kier molecular flexibility index (Phi) is 13.3. The van der Waals surface area contributed by atoms with Crippen LogP contribution in [-0.2, 0) is 16.2 Å². The van der Waals surface area contributed by atoms with Gasteiger partial charge in [0.05, 0.1) is 5.41 Å². The summed E-state index contributed by atoms with van der Waals surface area (Å²) < 4.78 is 0.